The molecule has 6 aromatic heterocycles. The van der Waals surface area contributed by atoms with Crippen LogP contribution in [0.3, 0.4) is 0 Å². The predicted octanol–water partition coefficient (Wildman–Crippen LogP) is 20.5. The van der Waals surface area contributed by atoms with Crippen molar-refractivity contribution in [1.29, 1.82) is 0 Å². The number of hydrogen-bond acceptors (Lipinski definition) is 6. The highest BCUT2D eigenvalue weighted by atomic mass is 19.4. The fourth-order valence-electron chi connectivity index (χ4n) is 10.6. The zero-order chi connectivity index (χ0) is 58.5. The van der Waals surface area contributed by atoms with Gasteiger partial charge < -0.3 is 8.83 Å². The molecule has 0 N–H and O–H groups in total. The first-order valence-electron chi connectivity index (χ1n) is 25.6. The van der Waals surface area contributed by atoms with Gasteiger partial charge >= 0.3 is 24.7 Å². The van der Waals surface area contributed by atoms with Crippen LogP contribution in [0.15, 0.2) is 216 Å². The molecule has 0 amide bonds. The molecule has 0 bridgehead atoms. The number of rotatable bonds is 8. The fourth-order valence-corrected chi connectivity index (χ4v) is 10.6. The molecular formula is C66H34F12N4O2. The molecule has 0 unspecified atom stereocenters. The summed E-state index contributed by atoms with van der Waals surface area (Å²) in [6.45, 7) is 0. The first-order chi connectivity index (χ1) is 40.1. The van der Waals surface area contributed by atoms with Crippen molar-refractivity contribution < 1.29 is 61.5 Å². The molecule has 0 spiro atoms. The average molecular weight is 1140 g/mol. The van der Waals surface area contributed by atoms with Gasteiger partial charge in [-0.3, -0.25) is 19.9 Å². The van der Waals surface area contributed by atoms with E-state index in [-0.39, 0.29) is 34.4 Å². The second-order valence-corrected chi connectivity index (χ2v) is 19.9. The van der Waals surface area contributed by atoms with Crippen LogP contribution in [0.25, 0.3) is 133 Å². The molecule has 0 atom stereocenters. The van der Waals surface area contributed by atoms with Crippen LogP contribution in [0.4, 0.5) is 52.7 Å². The van der Waals surface area contributed by atoms with Crippen molar-refractivity contribution in [3.63, 3.8) is 0 Å². The van der Waals surface area contributed by atoms with Gasteiger partial charge in [0.05, 0.1) is 22.3 Å². The van der Waals surface area contributed by atoms with E-state index in [0.717, 1.165) is 33.4 Å². The van der Waals surface area contributed by atoms with Crippen molar-refractivity contribution in [3.8, 4) is 89.0 Å². The van der Waals surface area contributed by atoms with Gasteiger partial charge in [-0.1, -0.05) is 84.9 Å². The first-order valence-corrected chi connectivity index (χ1v) is 25.6. The summed E-state index contributed by atoms with van der Waals surface area (Å²) in [6.07, 6.45) is -11.3. The molecule has 7 aromatic carbocycles. The molecule has 6 nitrogen and oxygen atoms in total. The Balaban J connectivity index is 0.800. The minimum Gasteiger partial charge on any atom is -0.454 e. The Morgan fingerprint density at radius 3 is 0.940 bits per heavy atom. The summed E-state index contributed by atoms with van der Waals surface area (Å²) >= 11 is 0. The molecule has 0 aliphatic carbocycles. The van der Waals surface area contributed by atoms with Gasteiger partial charge in [-0.05, 0) is 141 Å². The highest BCUT2D eigenvalue weighted by Crippen LogP contribution is 2.45. The lowest BCUT2D eigenvalue weighted by Gasteiger charge is -2.15. The number of halogens is 12. The van der Waals surface area contributed by atoms with Gasteiger partial charge in [0.2, 0.25) is 0 Å². The largest absolute Gasteiger partial charge is 0.454 e. The Hall–Kier alpha value is -10.1. The Labute approximate surface area is 467 Å². The average Bonchev–Trinajstić information content (AvgIpc) is 2.16. The number of fused-ring (bicyclic) bond motifs is 6. The highest BCUT2D eigenvalue weighted by Gasteiger charge is 2.39. The van der Waals surface area contributed by atoms with E-state index in [1.54, 1.807) is 48.8 Å². The lowest BCUT2D eigenvalue weighted by atomic mass is 9.93. The van der Waals surface area contributed by atoms with E-state index in [2.05, 4.69) is 9.97 Å². The van der Waals surface area contributed by atoms with Crippen LogP contribution in [0, 0.1) is 0 Å². The van der Waals surface area contributed by atoms with Crippen LogP contribution >= 0.6 is 0 Å². The molecule has 0 aliphatic heterocycles. The Morgan fingerprint density at radius 2 is 0.595 bits per heavy atom. The Bertz CT molecular complexity index is 4390. The number of benzene rings is 7. The molecule has 6 heterocycles. The van der Waals surface area contributed by atoms with Gasteiger partial charge in [0.15, 0.2) is 11.2 Å². The Morgan fingerprint density at radius 1 is 0.274 bits per heavy atom. The Kier molecular flexibility index (Phi) is 12.6. The number of nitrogens with zero attached hydrogens (tertiary/aromatic N) is 4. The van der Waals surface area contributed by atoms with E-state index in [1.165, 1.54) is 36.9 Å². The molecule has 0 saturated heterocycles. The topological polar surface area (TPSA) is 77.8 Å². The molecule has 13 aromatic rings. The number of alkyl halides is 12. The van der Waals surface area contributed by atoms with Crippen LogP contribution in [-0.4, -0.2) is 19.9 Å². The molecule has 0 radical (unpaired) electrons. The summed E-state index contributed by atoms with van der Waals surface area (Å²) in [5.41, 5.74) is 5.19. The first kappa shape index (κ1) is 53.2. The summed E-state index contributed by atoms with van der Waals surface area (Å²) in [6, 6.07) is 42.9. The van der Waals surface area contributed by atoms with E-state index in [0.29, 0.717) is 102 Å². The predicted molar refractivity (Wildman–Crippen MR) is 296 cm³/mol. The van der Waals surface area contributed by atoms with E-state index in [9.17, 15) is 52.7 Å². The third-order valence-electron chi connectivity index (χ3n) is 14.6. The number of furan rings is 2. The van der Waals surface area contributed by atoms with E-state index in [4.69, 9.17) is 18.8 Å². The van der Waals surface area contributed by atoms with Crippen molar-refractivity contribution in [3.05, 3.63) is 229 Å². The molecule has 0 saturated carbocycles. The van der Waals surface area contributed by atoms with Crippen LogP contribution in [0.2, 0.25) is 0 Å². The van der Waals surface area contributed by atoms with Crippen molar-refractivity contribution in [2.24, 2.45) is 0 Å². The van der Waals surface area contributed by atoms with Crippen LogP contribution < -0.4 is 0 Å². The minimum absolute atomic E-state index is 0.0602. The minimum atomic E-state index is -5.02. The van der Waals surface area contributed by atoms with Gasteiger partial charge in [0, 0.05) is 81.3 Å². The zero-order valence-corrected chi connectivity index (χ0v) is 42.8. The van der Waals surface area contributed by atoms with Crippen molar-refractivity contribution in [1.82, 2.24) is 19.9 Å². The number of pyridine rings is 4. The molecule has 0 aliphatic rings. The van der Waals surface area contributed by atoms with Crippen molar-refractivity contribution >= 4 is 44.1 Å². The van der Waals surface area contributed by atoms with E-state index in [1.807, 2.05) is 84.9 Å². The maximum atomic E-state index is 13.8. The maximum Gasteiger partial charge on any atom is 0.416 e. The summed E-state index contributed by atoms with van der Waals surface area (Å²) < 4.78 is 179. The van der Waals surface area contributed by atoms with E-state index >= 15 is 0 Å². The second-order valence-electron chi connectivity index (χ2n) is 19.9. The van der Waals surface area contributed by atoms with Crippen molar-refractivity contribution in [2.75, 3.05) is 0 Å². The molecule has 18 heteroatoms. The highest BCUT2D eigenvalue weighted by molar-refractivity contribution is 6.10. The van der Waals surface area contributed by atoms with Gasteiger partial charge in [0.1, 0.15) is 22.2 Å². The fraction of sp³-hybridized carbons (Fsp3) is 0.0606. The molecule has 0 fully saturated rings. The van der Waals surface area contributed by atoms with Gasteiger partial charge in [-0.25, -0.2) is 0 Å². The summed E-state index contributed by atoms with van der Waals surface area (Å²) in [4.78, 5) is 17.9. The third kappa shape index (κ3) is 9.81. The zero-order valence-electron chi connectivity index (χ0n) is 42.8. The van der Waals surface area contributed by atoms with Crippen LogP contribution in [0.5, 0.6) is 0 Å². The third-order valence-corrected chi connectivity index (χ3v) is 14.6. The SMILES string of the molecule is FC(F)(F)c1cc(-c2cncc(-c3ccccc3-c3ccc4oc5c(-c6ccc(-c7ccnc8c7oc7ccc(-c9ccccc9-c9cncc(-c%10cc(C(F)(F)F)cc(C(F)(F)F)c%10)c9)cc78)cc6)ccnc5c4c3)c2)cc(C(F)(F)F)c1. The molecule has 13 rings (SSSR count). The van der Waals surface area contributed by atoms with Crippen LogP contribution in [0.1, 0.15) is 22.3 Å². The van der Waals surface area contributed by atoms with Gasteiger partial charge in [-0.2, -0.15) is 52.7 Å². The summed E-state index contributed by atoms with van der Waals surface area (Å²) in [7, 11) is 0. The van der Waals surface area contributed by atoms with Gasteiger partial charge in [-0.15, -0.1) is 0 Å². The quantitative estimate of drug-likeness (QED) is 0.141. The van der Waals surface area contributed by atoms with Gasteiger partial charge in [0.25, 0.3) is 0 Å². The second kappa shape index (κ2) is 19.8. The molecule has 414 valence electrons. The molecule has 84 heavy (non-hydrogen) atoms. The number of aromatic nitrogens is 4. The van der Waals surface area contributed by atoms with Crippen molar-refractivity contribution in [2.45, 2.75) is 24.7 Å². The standard InChI is InChI=1S/C66H34F12N4O2/c67-63(68,69)45-23-39(24-46(29-45)64(70,71)72)41-21-43(33-79-31-41)51-7-3-1-5-49(51)37-13-15-57-55(27-37)59-61(83-57)53(17-19-81-59)35-9-11-36(12-10-35)54-18-20-82-60-56-28-38(14-16-58(56)84-62(54)60)50-6-2-4-8-52(50)44-22-42(32-80-34-44)40-25-47(65(73,74)75)30-48(26-40)66(76,77)78/h1-34H. The lowest BCUT2D eigenvalue weighted by Crippen LogP contribution is -2.11. The summed E-state index contributed by atoms with van der Waals surface area (Å²) in [5.74, 6) is 0. The monoisotopic (exact) mass is 1140 g/mol. The number of hydrogen-bond donors (Lipinski definition) is 0. The van der Waals surface area contributed by atoms with Crippen LogP contribution in [-0.2, 0) is 24.7 Å². The normalized spacial score (nSPS) is 12.5. The maximum absolute atomic E-state index is 13.8. The lowest BCUT2D eigenvalue weighted by molar-refractivity contribution is -0.144. The smallest absolute Gasteiger partial charge is 0.416 e. The molecular weight excluding hydrogens is 1110 g/mol. The summed E-state index contributed by atoms with van der Waals surface area (Å²) in [5, 5.41) is 1.38. The van der Waals surface area contributed by atoms with E-state index < -0.39 is 47.0 Å².